The largest absolute Gasteiger partial charge is 0.478 e. The summed E-state index contributed by atoms with van der Waals surface area (Å²) in [5, 5.41) is 2.51. The average Bonchev–Trinajstić information content (AvgIpc) is 2.18. The van der Waals surface area contributed by atoms with E-state index in [9.17, 15) is 4.79 Å². The minimum atomic E-state index is -0.143. The van der Waals surface area contributed by atoms with Crippen molar-refractivity contribution >= 4 is 5.91 Å². The summed E-state index contributed by atoms with van der Waals surface area (Å²) in [6, 6.07) is 3.35. The van der Waals surface area contributed by atoms with E-state index in [2.05, 4.69) is 10.3 Å². The van der Waals surface area contributed by atoms with Gasteiger partial charge in [0.05, 0.1) is 12.2 Å². The summed E-state index contributed by atoms with van der Waals surface area (Å²) < 4.78 is 5.13. The lowest BCUT2D eigenvalue weighted by Gasteiger charge is -2.02. The maximum Gasteiger partial charge on any atom is 0.252 e. The molecule has 0 aliphatic carbocycles. The Bertz CT molecular complexity index is 282. The second-order valence-corrected chi connectivity index (χ2v) is 2.40. The van der Waals surface area contributed by atoms with E-state index in [0.717, 1.165) is 0 Å². The summed E-state index contributed by atoms with van der Waals surface area (Å²) in [4.78, 5) is 15.0. The van der Waals surface area contributed by atoms with Crippen LogP contribution >= 0.6 is 0 Å². The Hall–Kier alpha value is -1.58. The molecule has 1 heterocycles. The summed E-state index contributed by atoms with van der Waals surface area (Å²) >= 11 is 0. The van der Waals surface area contributed by atoms with Crippen LogP contribution in [0.3, 0.4) is 0 Å². The highest BCUT2D eigenvalue weighted by Crippen LogP contribution is 2.06. The van der Waals surface area contributed by atoms with Crippen LogP contribution in [-0.2, 0) is 0 Å². The van der Waals surface area contributed by atoms with Gasteiger partial charge in [0.2, 0.25) is 5.88 Å². The molecule has 0 unspecified atom stereocenters. The minimum Gasteiger partial charge on any atom is -0.478 e. The molecule has 13 heavy (non-hydrogen) atoms. The van der Waals surface area contributed by atoms with Crippen LogP contribution in [0.2, 0.25) is 0 Å². The summed E-state index contributed by atoms with van der Waals surface area (Å²) in [5.41, 5.74) is 0.533. The summed E-state index contributed by atoms with van der Waals surface area (Å²) in [6.45, 7) is 2.46. The van der Waals surface area contributed by atoms with Gasteiger partial charge in [-0.3, -0.25) is 4.79 Å². The highest BCUT2D eigenvalue weighted by atomic mass is 16.5. The van der Waals surface area contributed by atoms with E-state index in [1.54, 1.807) is 19.2 Å². The SMILES string of the molecule is CCOc1ccc(C(=O)NC)cn1. The molecule has 0 aromatic carbocycles. The number of pyridine rings is 1. The topological polar surface area (TPSA) is 51.2 Å². The maximum atomic E-state index is 11.1. The van der Waals surface area contributed by atoms with Crippen molar-refractivity contribution in [1.29, 1.82) is 0 Å². The predicted molar refractivity (Wildman–Crippen MR) is 48.8 cm³/mol. The van der Waals surface area contributed by atoms with Crippen LogP contribution in [-0.4, -0.2) is 24.5 Å². The third kappa shape index (κ3) is 2.43. The normalized spacial score (nSPS) is 9.38. The Morgan fingerprint density at radius 2 is 2.38 bits per heavy atom. The first-order valence-corrected chi connectivity index (χ1v) is 4.09. The number of ether oxygens (including phenoxy) is 1. The van der Waals surface area contributed by atoms with Gasteiger partial charge in [0.1, 0.15) is 0 Å². The molecule has 0 saturated heterocycles. The van der Waals surface area contributed by atoms with Crippen LogP contribution in [0, 0.1) is 0 Å². The second kappa shape index (κ2) is 4.45. The van der Waals surface area contributed by atoms with Crippen molar-refractivity contribution in [2.45, 2.75) is 6.92 Å². The van der Waals surface area contributed by atoms with Gasteiger partial charge in [-0.05, 0) is 13.0 Å². The van der Waals surface area contributed by atoms with Gasteiger partial charge in [-0.25, -0.2) is 4.98 Å². The van der Waals surface area contributed by atoms with Gasteiger partial charge in [0, 0.05) is 19.3 Å². The lowest BCUT2D eigenvalue weighted by Crippen LogP contribution is -2.17. The van der Waals surface area contributed by atoms with Crippen molar-refractivity contribution in [1.82, 2.24) is 10.3 Å². The molecule has 0 radical (unpaired) electrons. The summed E-state index contributed by atoms with van der Waals surface area (Å²) in [6.07, 6.45) is 1.49. The zero-order valence-electron chi connectivity index (χ0n) is 7.70. The lowest BCUT2D eigenvalue weighted by atomic mass is 10.3. The standard InChI is InChI=1S/C9H12N2O2/c1-3-13-8-5-4-7(6-11-8)9(12)10-2/h4-6H,3H2,1-2H3,(H,10,12). The number of aromatic nitrogens is 1. The molecule has 0 bridgehead atoms. The molecule has 0 aliphatic heterocycles. The van der Waals surface area contributed by atoms with Crippen molar-refractivity contribution in [3.8, 4) is 5.88 Å². The first-order valence-electron chi connectivity index (χ1n) is 4.09. The number of hydrogen-bond donors (Lipinski definition) is 1. The van der Waals surface area contributed by atoms with Crippen molar-refractivity contribution in [2.24, 2.45) is 0 Å². The molecule has 4 heteroatoms. The number of rotatable bonds is 3. The molecule has 1 N–H and O–H groups in total. The highest BCUT2D eigenvalue weighted by molar-refractivity contribution is 5.93. The Kier molecular flexibility index (Phi) is 3.25. The van der Waals surface area contributed by atoms with Crippen LogP contribution in [0.25, 0.3) is 0 Å². The zero-order valence-corrected chi connectivity index (χ0v) is 7.70. The van der Waals surface area contributed by atoms with Crippen LogP contribution in [0.5, 0.6) is 5.88 Å². The number of nitrogens with one attached hydrogen (secondary N) is 1. The fourth-order valence-corrected chi connectivity index (χ4v) is 0.892. The highest BCUT2D eigenvalue weighted by Gasteiger charge is 2.02. The van der Waals surface area contributed by atoms with E-state index >= 15 is 0 Å². The van der Waals surface area contributed by atoms with Gasteiger partial charge in [0.15, 0.2) is 0 Å². The molecular weight excluding hydrogens is 168 g/mol. The minimum absolute atomic E-state index is 0.143. The number of hydrogen-bond acceptors (Lipinski definition) is 3. The summed E-state index contributed by atoms with van der Waals surface area (Å²) in [5.74, 6) is 0.394. The number of nitrogens with zero attached hydrogens (tertiary/aromatic N) is 1. The molecule has 1 amide bonds. The van der Waals surface area contributed by atoms with Gasteiger partial charge >= 0.3 is 0 Å². The van der Waals surface area contributed by atoms with E-state index in [1.807, 2.05) is 6.92 Å². The van der Waals surface area contributed by atoms with Crippen molar-refractivity contribution < 1.29 is 9.53 Å². The number of amides is 1. The third-order valence-corrected chi connectivity index (χ3v) is 1.52. The van der Waals surface area contributed by atoms with Crippen molar-refractivity contribution in [2.75, 3.05) is 13.7 Å². The molecule has 1 rings (SSSR count). The maximum absolute atomic E-state index is 11.1. The van der Waals surface area contributed by atoms with Gasteiger partial charge < -0.3 is 10.1 Å². The first kappa shape index (κ1) is 9.51. The first-order chi connectivity index (χ1) is 6.27. The molecule has 0 spiro atoms. The average molecular weight is 180 g/mol. The van der Waals surface area contributed by atoms with E-state index in [-0.39, 0.29) is 5.91 Å². The Morgan fingerprint density at radius 3 is 2.85 bits per heavy atom. The monoisotopic (exact) mass is 180 g/mol. The fourth-order valence-electron chi connectivity index (χ4n) is 0.892. The van der Waals surface area contributed by atoms with E-state index in [1.165, 1.54) is 6.20 Å². The Labute approximate surface area is 76.9 Å². The Balaban J connectivity index is 2.75. The smallest absolute Gasteiger partial charge is 0.252 e. The van der Waals surface area contributed by atoms with E-state index in [4.69, 9.17) is 4.74 Å². The molecule has 1 aromatic heterocycles. The molecule has 0 saturated carbocycles. The molecule has 4 nitrogen and oxygen atoms in total. The number of carbonyl (C=O) groups excluding carboxylic acids is 1. The molecular formula is C9H12N2O2. The molecule has 0 atom stereocenters. The van der Waals surface area contributed by atoms with E-state index in [0.29, 0.717) is 18.1 Å². The zero-order chi connectivity index (χ0) is 9.68. The predicted octanol–water partition coefficient (Wildman–Crippen LogP) is 0.840. The lowest BCUT2D eigenvalue weighted by molar-refractivity contribution is 0.0962. The van der Waals surface area contributed by atoms with Crippen LogP contribution < -0.4 is 10.1 Å². The third-order valence-electron chi connectivity index (χ3n) is 1.52. The summed E-state index contributed by atoms with van der Waals surface area (Å²) in [7, 11) is 1.58. The van der Waals surface area contributed by atoms with Gasteiger partial charge in [-0.1, -0.05) is 0 Å². The van der Waals surface area contributed by atoms with Crippen LogP contribution in [0.1, 0.15) is 17.3 Å². The van der Waals surface area contributed by atoms with Crippen LogP contribution in [0.15, 0.2) is 18.3 Å². The van der Waals surface area contributed by atoms with Crippen molar-refractivity contribution in [3.63, 3.8) is 0 Å². The second-order valence-electron chi connectivity index (χ2n) is 2.40. The quantitative estimate of drug-likeness (QED) is 0.749. The fraction of sp³-hybridized carbons (Fsp3) is 0.333. The van der Waals surface area contributed by atoms with E-state index < -0.39 is 0 Å². The van der Waals surface area contributed by atoms with Gasteiger partial charge in [-0.15, -0.1) is 0 Å². The number of carbonyl (C=O) groups is 1. The molecule has 0 aliphatic rings. The van der Waals surface area contributed by atoms with Crippen LogP contribution in [0.4, 0.5) is 0 Å². The molecule has 70 valence electrons. The van der Waals surface area contributed by atoms with Crippen molar-refractivity contribution in [3.05, 3.63) is 23.9 Å². The Morgan fingerprint density at radius 1 is 1.62 bits per heavy atom. The molecule has 0 fully saturated rings. The van der Waals surface area contributed by atoms with Gasteiger partial charge in [0.25, 0.3) is 5.91 Å². The molecule has 1 aromatic rings. The van der Waals surface area contributed by atoms with Gasteiger partial charge in [-0.2, -0.15) is 0 Å².